The monoisotopic (exact) mass is 289 g/mol. The number of aromatic nitrogens is 2. The van der Waals surface area contributed by atoms with Crippen LogP contribution >= 0.6 is 0 Å². The Balaban J connectivity index is 1.85. The second kappa shape index (κ2) is 5.62. The molecule has 5 heteroatoms. The van der Waals surface area contributed by atoms with Crippen LogP contribution in [0.15, 0.2) is 6.20 Å². The Hall–Kier alpha value is -1.65. The maximum Gasteiger partial charge on any atom is 0.257 e. The second-order valence-electron chi connectivity index (χ2n) is 6.33. The van der Waals surface area contributed by atoms with Crippen LogP contribution in [0.5, 0.6) is 0 Å². The van der Waals surface area contributed by atoms with Gasteiger partial charge in [-0.1, -0.05) is 0 Å². The smallest absolute Gasteiger partial charge is 0.257 e. The van der Waals surface area contributed by atoms with Gasteiger partial charge in [-0.15, -0.1) is 0 Å². The van der Waals surface area contributed by atoms with Crippen LogP contribution in [0, 0.1) is 12.8 Å². The van der Waals surface area contributed by atoms with Crippen LogP contribution in [-0.4, -0.2) is 39.0 Å². The number of carbonyl (C=O) groups is 2. The molecule has 21 heavy (non-hydrogen) atoms. The van der Waals surface area contributed by atoms with Crippen molar-refractivity contribution in [1.82, 2.24) is 14.7 Å². The highest BCUT2D eigenvalue weighted by Gasteiger charge is 2.39. The average molecular weight is 289 g/mol. The van der Waals surface area contributed by atoms with Gasteiger partial charge in [-0.25, -0.2) is 0 Å². The fourth-order valence-electron chi connectivity index (χ4n) is 3.84. The minimum atomic E-state index is 0.0463. The Morgan fingerprint density at radius 1 is 1.29 bits per heavy atom. The fourth-order valence-corrected chi connectivity index (χ4v) is 3.84. The molecule has 2 unspecified atom stereocenters. The summed E-state index contributed by atoms with van der Waals surface area (Å²) in [5.41, 5.74) is 1.44. The quantitative estimate of drug-likeness (QED) is 0.837. The molecule has 1 saturated carbocycles. The summed E-state index contributed by atoms with van der Waals surface area (Å²) in [6.07, 6.45) is 7.51. The Bertz CT molecular complexity index is 564. The SMILES string of the molecule is Cc1nn(C)cc1C(=O)N1CCCCC1C1CCCC1=O. The number of carbonyl (C=O) groups excluding carboxylic acids is 2. The van der Waals surface area contributed by atoms with E-state index in [9.17, 15) is 9.59 Å². The molecule has 1 aromatic heterocycles. The van der Waals surface area contributed by atoms with Crippen molar-refractivity contribution < 1.29 is 9.59 Å². The molecule has 1 amide bonds. The van der Waals surface area contributed by atoms with E-state index in [0.717, 1.165) is 44.3 Å². The standard InChI is InChI=1S/C16H23N3O2/c1-11-13(10-18(2)17-11)16(21)19-9-4-3-7-14(19)12-6-5-8-15(12)20/h10,12,14H,3-9H2,1-2H3. The van der Waals surface area contributed by atoms with Gasteiger partial charge in [0.15, 0.2) is 0 Å². The number of likely N-dealkylation sites (tertiary alicyclic amines) is 1. The third-order valence-electron chi connectivity index (χ3n) is 4.87. The Labute approximate surface area is 125 Å². The molecular formula is C16H23N3O2. The molecule has 0 spiro atoms. The van der Waals surface area contributed by atoms with E-state index in [-0.39, 0.29) is 17.9 Å². The number of aryl methyl sites for hydroxylation is 2. The van der Waals surface area contributed by atoms with Gasteiger partial charge in [0.2, 0.25) is 0 Å². The molecule has 3 rings (SSSR count). The van der Waals surface area contributed by atoms with E-state index in [1.165, 1.54) is 0 Å². The largest absolute Gasteiger partial charge is 0.335 e. The van der Waals surface area contributed by atoms with Crippen molar-refractivity contribution in [3.63, 3.8) is 0 Å². The Morgan fingerprint density at radius 2 is 2.10 bits per heavy atom. The second-order valence-corrected chi connectivity index (χ2v) is 6.33. The van der Waals surface area contributed by atoms with E-state index in [1.54, 1.807) is 10.9 Å². The normalized spacial score (nSPS) is 26.4. The number of piperidine rings is 1. The van der Waals surface area contributed by atoms with Gasteiger partial charge in [-0.3, -0.25) is 14.3 Å². The minimum absolute atomic E-state index is 0.0463. The summed E-state index contributed by atoms with van der Waals surface area (Å²) in [6.45, 7) is 2.63. The third-order valence-corrected chi connectivity index (χ3v) is 4.87. The first-order valence-electron chi connectivity index (χ1n) is 7.92. The van der Waals surface area contributed by atoms with Gasteiger partial charge in [-0.2, -0.15) is 5.10 Å². The van der Waals surface area contributed by atoms with Crippen molar-refractivity contribution in [3.05, 3.63) is 17.5 Å². The first-order chi connectivity index (χ1) is 10.1. The summed E-state index contributed by atoms with van der Waals surface area (Å²) in [4.78, 5) is 26.9. The first kappa shape index (κ1) is 14.3. The van der Waals surface area contributed by atoms with Gasteiger partial charge in [0, 0.05) is 38.2 Å². The van der Waals surface area contributed by atoms with Crippen molar-refractivity contribution in [2.75, 3.05) is 6.54 Å². The number of hydrogen-bond acceptors (Lipinski definition) is 3. The molecule has 0 bridgehead atoms. The van der Waals surface area contributed by atoms with Gasteiger partial charge >= 0.3 is 0 Å². The molecule has 0 N–H and O–H groups in total. The van der Waals surface area contributed by atoms with Gasteiger partial charge in [-0.05, 0) is 39.0 Å². The lowest BCUT2D eigenvalue weighted by molar-refractivity contribution is -0.122. The van der Waals surface area contributed by atoms with Crippen LogP contribution in [0.2, 0.25) is 0 Å². The number of amides is 1. The molecule has 0 radical (unpaired) electrons. The van der Waals surface area contributed by atoms with Crippen molar-refractivity contribution >= 4 is 11.7 Å². The molecule has 2 atom stereocenters. The molecule has 114 valence electrons. The molecular weight excluding hydrogens is 266 g/mol. The molecule has 0 aromatic carbocycles. The molecule has 1 aromatic rings. The van der Waals surface area contributed by atoms with Crippen LogP contribution in [-0.2, 0) is 11.8 Å². The summed E-state index contributed by atoms with van der Waals surface area (Å²) in [5, 5.41) is 4.27. The van der Waals surface area contributed by atoms with Crippen molar-refractivity contribution in [2.45, 2.75) is 51.5 Å². The number of nitrogens with zero attached hydrogens (tertiary/aromatic N) is 3. The van der Waals surface area contributed by atoms with E-state index in [1.807, 2.05) is 18.9 Å². The lowest BCUT2D eigenvalue weighted by Crippen LogP contribution is -2.48. The van der Waals surface area contributed by atoms with E-state index in [0.29, 0.717) is 17.8 Å². The zero-order valence-corrected chi connectivity index (χ0v) is 12.8. The molecule has 1 aliphatic carbocycles. The molecule has 2 heterocycles. The highest BCUT2D eigenvalue weighted by Crippen LogP contribution is 2.33. The number of rotatable bonds is 2. The highest BCUT2D eigenvalue weighted by molar-refractivity contribution is 5.96. The zero-order valence-electron chi connectivity index (χ0n) is 12.8. The topological polar surface area (TPSA) is 55.2 Å². The van der Waals surface area contributed by atoms with E-state index in [2.05, 4.69) is 5.10 Å². The Kier molecular flexibility index (Phi) is 3.83. The van der Waals surface area contributed by atoms with Crippen molar-refractivity contribution in [1.29, 1.82) is 0 Å². The Morgan fingerprint density at radius 3 is 2.71 bits per heavy atom. The number of ketones is 1. The maximum atomic E-state index is 12.9. The van der Waals surface area contributed by atoms with Crippen LogP contribution in [0.1, 0.15) is 54.6 Å². The molecule has 1 saturated heterocycles. The van der Waals surface area contributed by atoms with E-state index >= 15 is 0 Å². The summed E-state index contributed by atoms with van der Waals surface area (Å²) in [6, 6.07) is 0.0980. The van der Waals surface area contributed by atoms with Crippen LogP contribution in [0.4, 0.5) is 0 Å². The minimum Gasteiger partial charge on any atom is -0.335 e. The van der Waals surface area contributed by atoms with E-state index < -0.39 is 0 Å². The number of hydrogen-bond donors (Lipinski definition) is 0. The summed E-state index contributed by atoms with van der Waals surface area (Å²) in [7, 11) is 1.83. The number of Topliss-reactive ketones (excluding diaryl/α,β-unsaturated/α-hetero) is 1. The van der Waals surface area contributed by atoms with Crippen molar-refractivity contribution in [3.8, 4) is 0 Å². The lowest BCUT2D eigenvalue weighted by atomic mass is 9.88. The lowest BCUT2D eigenvalue weighted by Gasteiger charge is -2.38. The molecule has 1 aliphatic heterocycles. The van der Waals surface area contributed by atoms with Gasteiger partial charge < -0.3 is 4.90 Å². The van der Waals surface area contributed by atoms with Crippen LogP contribution < -0.4 is 0 Å². The first-order valence-corrected chi connectivity index (χ1v) is 7.92. The highest BCUT2D eigenvalue weighted by atomic mass is 16.2. The maximum absolute atomic E-state index is 12.9. The van der Waals surface area contributed by atoms with Gasteiger partial charge in [0.05, 0.1) is 11.3 Å². The van der Waals surface area contributed by atoms with Crippen LogP contribution in [0.25, 0.3) is 0 Å². The van der Waals surface area contributed by atoms with Crippen LogP contribution in [0.3, 0.4) is 0 Å². The van der Waals surface area contributed by atoms with E-state index in [4.69, 9.17) is 0 Å². The van der Waals surface area contributed by atoms with Gasteiger partial charge in [0.1, 0.15) is 5.78 Å². The molecule has 5 nitrogen and oxygen atoms in total. The third kappa shape index (κ3) is 2.61. The predicted octanol–water partition coefficient (Wildman–Crippen LogP) is 2.09. The van der Waals surface area contributed by atoms with Crippen molar-refractivity contribution in [2.24, 2.45) is 13.0 Å². The zero-order chi connectivity index (χ0) is 15.0. The van der Waals surface area contributed by atoms with Gasteiger partial charge in [0.25, 0.3) is 5.91 Å². The summed E-state index contributed by atoms with van der Waals surface area (Å²) < 4.78 is 1.68. The average Bonchev–Trinajstić information content (AvgIpc) is 3.03. The summed E-state index contributed by atoms with van der Waals surface area (Å²) in [5.74, 6) is 0.457. The molecule has 2 fully saturated rings. The summed E-state index contributed by atoms with van der Waals surface area (Å²) >= 11 is 0. The molecule has 2 aliphatic rings. The fraction of sp³-hybridized carbons (Fsp3) is 0.688. The predicted molar refractivity (Wildman–Crippen MR) is 79.0 cm³/mol.